The van der Waals surface area contributed by atoms with Crippen LogP contribution >= 0.6 is 0 Å². The number of aryl methyl sites for hydroxylation is 2. The van der Waals surface area contributed by atoms with Crippen LogP contribution in [0.2, 0.25) is 0 Å². The summed E-state index contributed by atoms with van der Waals surface area (Å²) in [6.07, 6.45) is -0.484. The van der Waals surface area contributed by atoms with Crippen molar-refractivity contribution >= 4 is 40.1 Å². The third-order valence-corrected chi connectivity index (χ3v) is 8.05. The molecule has 4 aromatic rings. The molecule has 43 heavy (non-hydrogen) atoms. The third-order valence-electron chi connectivity index (χ3n) is 8.05. The summed E-state index contributed by atoms with van der Waals surface area (Å²) in [4.78, 5) is 64.0. The van der Waals surface area contributed by atoms with Gasteiger partial charge in [0.15, 0.2) is 0 Å². The lowest BCUT2D eigenvalue weighted by Gasteiger charge is -2.23. The minimum Gasteiger partial charge on any atom is -0.480 e. The van der Waals surface area contributed by atoms with Gasteiger partial charge in [-0.25, -0.2) is 14.8 Å². The Labute approximate surface area is 247 Å². The van der Waals surface area contributed by atoms with E-state index in [1.807, 2.05) is 43.3 Å². The van der Waals surface area contributed by atoms with Crippen LogP contribution in [0.3, 0.4) is 0 Å². The second kappa shape index (κ2) is 10.6. The zero-order chi connectivity index (χ0) is 30.6. The zero-order valence-electron chi connectivity index (χ0n) is 24.3. The van der Waals surface area contributed by atoms with Gasteiger partial charge in [0.2, 0.25) is 6.17 Å². The number of amides is 2. The van der Waals surface area contributed by atoms with Crippen LogP contribution in [-0.2, 0) is 16.0 Å². The van der Waals surface area contributed by atoms with Crippen molar-refractivity contribution in [3.05, 3.63) is 105 Å². The average molecular weight is 578 g/mol. The summed E-state index contributed by atoms with van der Waals surface area (Å²) in [5.74, 6) is -2.09. The molecule has 2 aliphatic heterocycles. The standard InChI is InChI=1S/C33H31N5O5/c1-17(2)26(33(42)43)36-30(39)22-10-11-23-25(16-22)34-19(4)38(31(23)40)29-32(41)37-13-12-21-14-18(3)15-24(28(21)37)27(35-29)20-8-6-5-7-9-20/h5-11,14-17,26,29H,12-13H2,1-4H3,(H,36,39)(H,42,43)/t26-,29?/m0/s1. The molecule has 6 rings (SSSR count). The van der Waals surface area contributed by atoms with Gasteiger partial charge in [-0.1, -0.05) is 55.8 Å². The molecule has 0 saturated heterocycles. The maximum absolute atomic E-state index is 14.2. The Bertz CT molecular complexity index is 1910. The summed E-state index contributed by atoms with van der Waals surface area (Å²) >= 11 is 0. The van der Waals surface area contributed by atoms with Gasteiger partial charge >= 0.3 is 5.97 Å². The van der Waals surface area contributed by atoms with Crippen LogP contribution in [0.5, 0.6) is 0 Å². The van der Waals surface area contributed by atoms with E-state index in [9.17, 15) is 24.3 Å². The van der Waals surface area contributed by atoms with E-state index in [4.69, 9.17) is 4.99 Å². The predicted molar refractivity (Wildman–Crippen MR) is 163 cm³/mol. The van der Waals surface area contributed by atoms with Crippen LogP contribution in [0.15, 0.2) is 70.5 Å². The number of hydrogen-bond acceptors (Lipinski definition) is 6. The zero-order valence-corrected chi connectivity index (χ0v) is 24.3. The van der Waals surface area contributed by atoms with Crippen molar-refractivity contribution in [2.75, 3.05) is 11.4 Å². The molecule has 0 radical (unpaired) electrons. The van der Waals surface area contributed by atoms with E-state index >= 15 is 0 Å². The molecule has 218 valence electrons. The topological polar surface area (TPSA) is 134 Å². The predicted octanol–water partition coefficient (Wildman–Crippen LogP) is 3.79. The minimum absolute atomic E-state index is 0.175. The lowest BCUT2D eigenvalue weighted by molar-refractivity contribution is -0.140. The van der Waals surface area contributed by atoms with Crippen molar-refractivity contribution in [2.24, 2.45) is 10.9 Å². The van der Waals surface area contributed by atoms with Gasteiger partial charge in [-0.2, -0.15) is 0 Å². The molecule has 10 heteroatoms. The van der Waals surface area contributed by atoms with Gasteiger partial charge in [0.1, 0.15) is 11.9 Å². The van der Waals surface area contributed by atoms with Gasteiger partial charge in [-0.3, -0.25) is 19.0 Å². The first-order valence-electron chi connectivity index (χ1n) is 14.2. The number of fused-ring (bicyclic) bond motifs is 1. The molecule has 0 aliphatic carbocycles. The van der Waals surface area contributed by atoms with Crippen LogP contribution in [0.25, 0.3) is 10.9 Å². The lowest BCUT2D eigenvalue weighted by atomic mass is 9.96. The van der Waals surface area contributed by atoms with Gasteiger partial charge in [-0.05, 0) is 56.0 Å². The van der Waals surface area contributed by atoms with Crippen molar-refractivity contribution in [1.29, 1.82) is 0 Å². The Morgan fingerprint density at radius 1 is 1.02 bits per heavy atom. The van der Waals surface area contributed by atoms with E-state index in [0.717, 1.165) is 27.9 Å². The number of hydrogen-bond donors (Lipinski definition) is 2. The van der Waals surface area contributed by atoms with Crippen molar-refractivity contribution in [3.8, 4) is 0 Å². The molecule has 2 aliphatic rings. The molecular weight excluding hydrogens is 546 g/mol. The van der Waals surface area contributed by atoms with E-state index in [0.29, 0.717) is 18.7 Å². The number of carboxylic acids is 1. The summed E-state index contributed by atoms with van der Waals surface area (Å²) in [6.45, 7) is 7.55. The number of nitrogens with one attached hydrogen (secondary N) is 1. The van der Waals surface area contributed by atoms with Crippen LogP contribution in [0.4, 0.5) is 5.69 Å². The normalized spacial score (nSPS) is 16.6. The number of carbonyl (C=O) groups excluding carboxylic acids is 2. The van der Waals surface area contributed by atoms with Crippen LogP contribution in [-0.4, -0.2) is 50.7 Å². The molecule has 1 unspecified atom stereocenters. The SMILES string of the molecule is Cc1cc2c3c(c1)C(c1ccccc1)=NC(n1c(C)nc4cc(C(=O)N[C@H](C(=O)O)C(C)C)ccc4c1=O)C(=O)N3CC2. The molecule has 2 atom stereocenters. The first-order valence-corrected chi connectivity index (χ1v) is 14.2. The maximum Gasteiger partial charge on any atom is 0.326 e. The highest BCUT2D eigenvalue weighted by Gasteiger charge is 2.38. The number of anilines is 1. The second-order valence-electron chi connectivity index (χ2n) is 11.4. The Balaban J connectivity index is 1.48. The highest BCUT2D eigenvalue weighted by Crippen LogP contribution is 2.39. The van der Waals surface area contributed by atoms with E-state index in [1.165, 1.54) is 22.8 Å². The lowest BCUT2D eigenvalue weighted by Crippen LogP contribution is -2.44. The highest BCUT2D eigenvalue weighted by molar-refractivity contribution is 6.20. The number of carboxylic acid groups (broad SMARTS) is 1. The summed E-state index contributed by atoms with van der Waals surface area (Å²) in [6, 6.07) is 17.1. The first kappa shape index (κ1) is 28.0. The molecule has 2 N–H and O–H groups in total. The van der Waals surface area contributed by atoms with Crippen LogP contribution in [0, 0.1) is 19.8 Å². The van der Waals surface area contributed by atoms with Gasteiger partial charge in [0.05, 0.1) is 22.3 Å². The molecule has 0 fully saturated rings. The molecular formula is C33H31N5O5. The summed E-state index contributed by atoms with van der Waals surface area (Å²) in [5.41, 5.74) is 5.25. The Morgan fingerprint density at radius 2 is 1.77 bits per heavy atom. The summed E-state index contributed by atoms with van der Waals surface area (Å²) in [7, 11) is 0. The highest BCUT2D eigenvalue weighted by atomic mass is 16.4. The maximum atomic E-state index is 14.2. The molecule has 3 heterocycles. The molecule has 3 aromatic carbocycles. The molecule has 0 saturated carbocycles. The smallest absolute Gasteiger partial charge is 0.326 e. The monoisotopic (exact) mass is 577 g/mol. The quantitative estimate of drug-likeness (QED) is 0.358. The molecule has 1 aromatic heterocycles. The number of carbonyl (C=O) groups is 3. The molecule has 2 amide bonds. The Morgan fingerprint density at radius 3 is 2.47 bits per heavy atom. The number of benzene rings is 3. The fourth-order valence-corrected chi connectivity index (χ4v) is 5.97. The van der Waals surface area contributed by atoms with E-state index in [1.54, 1.807) is 25.7 Å². The third kappa shape index (κ3) is 4.78. The molecule has 0 spiro atoms. The van der Waals surface area contributed by atoms with E-state index in [2.05, 4.69) is 16.4 Å². The van der Waals surface area contributed by atoms with Crippen LogP contribution < -0.4 is 15.8 Å². The summed E-state index contributed by atoms with van der Waals surface area (Å²) in [5, 5.41) is 12.2. The molecule has 10 nitrogen and oxygen atoms in total. The summed E-state index contributed by atoms with van der Waals surface area (Å²) < 4.78 is 1.32. The van der Waals surface area contributed by atoms with Crippen LogP contribution in [0.1, 0.15) is 58.4 Å². The van der Waals surface area contributed by atoms with Gasteiger partial charge in [0.25, 0.3) is 17.4 Å². The largest absolute Gasteiger partial charge is 0.480 e. The van der Waals surface area contributed by atoms with Gasteiger partial charge in [-0.15, -0.1) is 0 Å². The minimum atomic E-state index is -1.19. The average Bonchev–Trinajstić information content (AvgIpc) is 3.35. The first-order chi connectivity index (χ1) is 20.5. The van der Waals surface area contributed by atoms with Crippen molar-refractivity contribution in [1.82, 2.24) is 14.9 Å². The fourth-order valence-electron chi connectivity index (χ4n) is 5.97. The van der Waals surface area contributed by atoms with Gasteiger partial charge < -0.3 is 15.3 Å². The number of rotatable bonds is 6. The van der Waals surface area contributed by atoms with Crippen molar-refractivity contribution < 1.29 is 19.5 Å². The Kier molecular flexibility index (Phi) is 6.92. The van der Waals surface area contributed by atoms with E-state index in [-0.39, 0.29) is 34.1 Å². The molecule has 0 bridgehead atoms. The number of nitrogens with zero attached hydrogens (tertiary/aromatic N) is 4. The van der Waals surface area contributed by atoms with Crippen molar-refractivity contribution in [3.63, 3.8) is 0 Å². The van der Waals surface area contributed by atoms with E-state index < -0.39 is 29.6 Å². The van der Waals surface area contributed by atoms with Gasteiger partial charge in [0, 0.05) is 23.2 Å². The van der Waals surface area contributed by atoms with Crippen molar-refractivity contribution in [2.45, 2.75) is 46.3 Å². The number of aliphatic imine (C=N–C) groups is 1. The fraction of sp³-hybridized carbons (Fsp3) is 0.273. The Hall–Kier alpha value is -5.12. The second-order valence-corrected chi connectivity index (χ2v) is 11.4. The number of aliphatic carboxylic acids is 1. The number of aromatic nitrogens is 2.